The van der Waals surface area contributed by atoms with Crippen molar-refractivity contribution in [3.63, 3.8) is 0 Å². The fourth-order valence-electron chi connectivity index (χ4n) is 4.76. The number of methoxy groups -OCH3 is 1. The van der Waals surface area contributed by atoms with E-state index in [0.29, 0.717) is 34.5 Å². The molecule has 9 heteroatoms. The van der Waals surface area contributed by atoms with Crippen LogP contribution in [0.4, 0.5) is 17.3 Å². The summed E-state index contributed by atoms with van der Waals surface area (Å²) in [6.07, 6.45) is 3.46. The number of carbonyl (C=O) groups excluding carboxylic acids is 1. The fraction of sp³-hybridized carbons (Fsp3) is 0.241. The average Bonchev–Trinajstić information content (AvgIpc) is 3.37. The molecule has 9 nitrogen and oxygen atoms in total. The van der Waals surface area contributed by atoms with Gasteiger partial charge in [0.2, 0.25) is 5.95 Å². The minimum atomic E-state index is -0.522. The van der Waals surface area contributed by atoms with E-state index in [1.54, 1.807) is 24.2 Å². The molecule has 0 aliphatic carbocycles. The topological polar surface area (TPSA) is 97.2 Å². The highest BCUT2D eigenvalue weighted by Gasteiger charge is 2.35. The molecule has 4 aromatic rings. The lowest BCUT2D eigenvalue weighted by atomic mass is 9.96. The predicted molar refractivity (Wildman–Crippen MR) is 149 cm³/mol. The Morgan fingerprint density at radius 3 is 2.53 bits per heavy atom. The normalized spacial score (nSPS) is 14.5. The number of benzene rings is 2. The van der Waals surface area contributed by atoms with Gasteiger partial charge >= 0.3 is 0 Å². The minimum Gasteiger partial charge on any atom is -0.495 e. The van der Waals surface area contributed by atoms with E-state index in [9.17, 15) is 4.79 Å². The number of rotatable bonds is 8. The summed E-state index contributed by atoms with van der Waals surface area (Å²) in [6, 6.07) is 18.8. The smallest absolute Gasteiger partial charge is 0.255 e. The van der Waals surface area contributed by atoms with E-state index in [1.807, 2.05) is 55.5 Å². The molecule has 1 unspecified atom stereocenters. The van der Waals surface area contributed by atoms with Gasteiger partial charge in [0.25, 0.3) is 5.91 Å². The van der Waals surface area contributed by atoms with Crippen LogP contribution in [-0.4, -0.2) is 45.9 Å². The summed E-state index contributed by atoms with van der Waals surface area (Å²) in [4.78, 5) is 25.1. The Morgan fingerprint density at radius 1 is 1.08 bits per heavy atom. The van der Waals surface area contributed by atoms with E-state index >= 15 is 0 Å². The number of carbonyl (C=O) groups is 1. The molecule has 194 valence electrons. The molecule has 1 aliphatic rings. The molecule has 1 aliphatic heterocycles. The largest absolute Gasteiger partial charge is 0.495 e. The van der Waals surface area contributed by atoms with Gasteiger partial charge in [-0.2, -0.15) is 4.98 Å². The number of fused-ring (bicyclic) bond motifs is 1. The van der Waals surface area contributed by atoms with Crippen molar-refractivity contribution >= 4 is 23.2 Å². The Morgan fingerprint density at radius 2 is 1.84 bits per heavy atom. The Bertz CT molecular complexity index is 1460. The second kappa shape index (κ2) is 10.8. The van der Waals surface area contributed by atoms with Crippen molar-refractivity contribution in [2.24, 2.45) is 0 Å². The number of hydrogen-bond donors (Lipinski definition) is 2. The van der Waals surface area contributed by atoms with Crippen LogP contribution in [0.3, 0.4) is 0 Å². The first-order valence-corrected chi connectivity index (χ1v) is 12.7. The number of ether oxygens (including phenoxy) is 1. The van der Waals surface area contributed by atoms with E-state index in [4.69, 9.17) is 14.8 Å². The van der Waals surface area contributed by atoms with Crippen LogP contribution in [0.1, 0.15) is 32.4 Å². The van der Waals surface area contributed by atoms with Crippen LogP contribution in [0.5, 0.6) is 5.75 Å². The third-order valence-corrected chi connectivity index (χ3v) is 6.71. The van der Waals surface area contributed by atoms with Crippen LogP contribution in [0.15, 0.2) is 84.3 Å². The molecule has 3 heterocycles. The Balaban J connectivity index is 1.53. The lowest BCUT2D eigenvalue weighted by Gasteiger charge is -2.28. The zero-order chi connectivity index (χ0) is 26.6. The summed E-state index contributed by atoms with van der Waals surface area (Å²) >= 11 is 0. The molecular weight excluding hydrogens is 478 g/mol. The first-order chi connectivity index (χ1) is 18.5. The van der Waals surface area contributed by atoms with Gasteiger partial charge in [0.05, 0.1) is 18.4 Å². The van der Waals surface area contributed by atoms with Crippen molar-refractivity contribution in [2.75, 3.05) is 35.7 Å². The summed E-state index contributed by atoms with van der Waals surface area (Å²) in [6.45, 7) is 8.03. The van der Waals surface area contributed by atoms with Crippen LogP contribution >= 0.6 is 0 Å². The van der Waals surface area contributed by atoms with Gasteiger partial charge in [0, 0.05) is 42.4 Å². The van der Waals surface area contributed by atoms with Crippen LogP contribution in [0, 0.1) is 0 Å². The standard InChI is InChI=1S/C29H31N7O2/c1-5-35(6-2)22-15-13-20(14-16-22)27-33-29-31-19(3)25(26(36(29)34-27)21-10-9-17-30-18-21)28(37)32-23-11-7-8-12-24(23)38-4/h7-18,26H,5-6H2,1-4H3,(H,32,37)(H,31,33,34). The molecule has 0 radical (unpaired) electrons. The van der Waals surface area contributed by atoms with E-state index in [0.717, 1.165) is 29.9 Å². The van der Waals surface area contributed by atoms with E-state index in [1.165, 1.54) is 0 Å². The summed E-state index contributed by atoms with van der Waals surface area (Å²) in [5.41, 5.74) is 4.67. The molecule has 5 rings (SSSR count). The quantitative estimate of drug-likeness (QED) is 0.340. The van der Waals surface area contributed by atoms with Crippen LogP contribution in [0.2, 0.25) is 0 Å². The van der Waals surface area contributed by atoms with Crippen molar-refractivity contribution in [3.8, 4) is 17.1 Å². The number of anilines is 3. The van der Waals surface area contributed by atoms with Gasteiger partial charge in [-0.15, -0.1) is 5.10 Å². The third-order valence-electron chi connectivity index (χ3n) is 6.71. The van der Waals surface area contributed by atoms with Gasteiger partial charge in [-0.1, -0.05) is 18.2 Å². The number of hydrogen-bond acceptors (Lipinski definition) is 7. The number of allylic oxidation sites excluding steroid dienone is 1. The Kier molecular flexibility index (Phi) is 7.08. The lowest BCUT2D eigenvalue weighted by Crippen LogP contribution is -2.31. The van der Waals surface area contributed by atoms with Crippen molar-refractivity contribution in [2.45, 2.75) is 26.8 Å². The molecule has 0 bridgehead atoms. The van der Waals surface area contributed by atoms with Crippen molar-refractivity contribution in [1.29, 1.82) is 0 Å². The van der Waals surface area contributed by atoms with Crippen molar-refractivity contribution < 1.29 is 9.53 Å². The maximum atomic E-state index is 13.7. The highest BCUT2D eigenvalue weighted by atomic mass is 16.5. The number of amides is 1. The first-order valence-electron chi connectivity index (χ1n) is 12.7. The second-order valence-electron chi connectivity index (χ2n) is 8.93. The van der Waals surface area contributed by atoms with Crippen LogP contribution < -0.4 is 20.3 Å². The molecule has 1 atom stereocenters. The molecule has 0 saturated heterocycles. The van der Waals surface area contributed by atoms with E-state index in [-0.39, 0.29) is 5.91 Å². The maximum absolute atomic E-state index is 13.7. The molecule has 0 spiro atoms. The number of nitrogens with zero attached hydrogens (tertiary/aromatic N) is 5. The van der Waals surface area contributed by atoms with Crippen LogP contribution in [-0.2, 0) is 4.79 Å². The molecule has 2 N–H and O–H groups in total. The number of pyridine rings is 1. The summed E-state index contributed by atoms with van der Waals surface area (Å²) in [5.74, 6) is 1.46. The van der Waals surface area contributed by atoms with Crippen molar-refractivity contribution in [3.05, 3.63) is 89.9 Å². The summed E-state index contributed by atoms with van der Waals surface area (Å²) in [7, 11) is 1.58. The molecule has 2 aromatic carbocycles. The summed E-state index contributed by atoms with van der Waals surface area (Å²) in [5, 5.41) is 11.2. The molecule has 0 fully saturated rings. The average molecular weight is 510 g/mol. The number of aromatic nitrogens is 4. The number of nitrogens with one attached hydrogen (secondary N) is 2. The van der Waals surface area contributed by atoms with Gasteiger partial charge < -0.3 is 20.3 Å². The zero-order valence-electron chi connectivity index (χ0n) is 22.0. The molecule has 0 saturated carbocycles. The van der Waals surface area contributed by atoms with Gasteiger partial charge in [-0.25, -0.2) is 4.68 Å². The molecule has 38 heavy (non-hydrogen) atoms. The lowest BCUT2D eigenvalue weighted by molar-refractivity contribution is -0.113. The maximum Gasteiger partial charge on any atom is 0.255 e. The van der Waals surface area contributed by atoms with Gasteiger partial charge in [-0.05, 0) is 68.8 Å². The monoisotopic (exact) mass is 509 g/mol. The fourth-order valence-corrected chi connectivity index (χ4v) is 4.76. The molecular formula is C29H31N7O2. The first kappa shape index (κ1) is 25.0. The predicted octanol–water partition coefficient (Wildman–Crippen LogP) is 5.12. The number of para-hydroxylation sites is 2. The van der Waals surface area contributed by atoms with Crippen LogP contribution in [0.25, 0.3) is 11.4 Å². The zero-order valence-corrected chi connectivity index (χ0v) is 22.0. The SMILES string of the molecule is CCN(CC)c1ccc(-c2nc3n(n2)C(c2cccnc2)C(C(=O)Nc2ccccc2OC)=C(C)N3)cc1. The van der Waals surface area contributed by atoms with Gasteiger partial charge in [0.15, 0.2) is 5.82 Å². The van der Waals surface area contributed by atoms with E-state index < -0.39 is 6.04 Å². The minimum absolute atomic E-state index is 0.264. The Labute approximate surface area is 222 Å². The third kappa shape index (κ3) is 4.70. The van der Waals surface area contributed by atoms with Gasteiger partial charge in [0.1, 0.15) is 11.8 Å². The highest BCUT2D eigenvalue weighted by Crippen LogP contribution is 2.37. The van der Waals surface area contributed by atoms with Crippen molar-refractivity contribution in [1.82, 2.24) is 19.7 Å². The second-order valence-corrected chi connectivity index (χ2v) is 8.93. The van der Waals surface area contributed by atoms with E-state index in [2.05, 4.69) is 46.5 Å². The Hall–Kier alpha value is -4.66. The van der Waals surface area contributed by atoms with Gasteiger partial charge in [-0.3, -0.25) is 9.78 Å². The molecule has 2 aromatic heterocycles. The molecule has 1 amide bonds. The highest BCUT2D eigenvalue weighted by molar-refractivity contribution is 6.06. The summed E-state index contributed by atoms with van der Waals surface area (Å²) < 4.78 is 7.19.